The van der Waals surface area contributed by atoms with Crippen molar-refractivity contribution in [1.82, 2.24) is 9.78 Å². The van der Waals surface area contributed by atoms with Crippen LogP contribution in [-0.4, -0.2) is 9.78 Å². The second-order valence-electron chi connectivity index (χ2n) is 4.49. The third-order valence-electron chi connectivity index (χ3n) is 3.26. The van der Waals surface area contributed by atoms with Crippen molar-refractivity contribution in [1.29, 1.82) is 5.26 Å². The maximum absolute atomic E-state index is 8.49. The predicted octanol–water partition coefficient (Wildman–Crippen LogP) is 2.55. The number of aromatic nitrogens is 2. The van der Waals surface area contributed by atoms with Crippen LogP contribution in [0.3, 0.4) is 0 Å². The van der Waals surface area contributed by atoms with Crippen LogP contribution in [0.15, 0.2) is 23.9 Å². The molecule has 0 bridgehead atoms. The SMILES string of the molecule is N#CC=C1CC(n2ccc(C3CC3)n2)C1. The van der Waals surface area contributed by atoms with Gasteiger partial charge in [-0.1, -0.05) is 5.57 Å². The number of allylic oxidation sites excluding steroid dienone is 2. The predicted molar refractivity (Wildman–Crippen MR) is 56.2 cm³/mol. The minimum atomic E-state index is 0.497. The van der Waals surface area contributed by atoms with Gasteiger partial charge in [-0.2, -0.15) is 10.4 Å². The summed E-state index contributed by atoms with van der Waals surface area (Å²) >= 11 is 0. The molecule has 0 amide bonds. The molecular formula is C12H13N3. The lowest BCUT2D eigenvalue weighted by molar-refractivity contribution is 0.369. The first-order valence-corrected chi connectivity index (χ1v) is 5.49. The van der Waals surface area contributed by atoms with Crippen molar-refractivity contribution < 1.29 is 0 Å². The van der Waals surface area contributed by atoms with Crippen LogP contribution in [0.1, 0.15) is 43.3 Å². The normalized spacial score (nSPS) is 24.5. The highest BCUT2D eigenvalue weighted by Crippen LogP contribution is 2.41. The van der Waals surface area contributed by atoms with E-state index in [1.54, 1.807) is 6.08 Å². The van der Waals surface area contributed by atoms with Gasteiger partial charge in [-0.15, -0.1) is 0 Å². The summed E-state index contributed by atoms with van der Waals surface area (Å²) in [6, 6.07) is 4.72. The summed E-state index contributed by atoms with van der Waals surface area (Å²) in [5.41, 5.74) is 2.51. The van der Waals surface area contributed by atoms with E-state index in [0.717, 1.165) is 18.8 Å². The zero-order valence-corrected chi connectivity index (χ0v) is 8.56. The maximum atomic E-state index is 8.49. The van der Waals surface area contributed by atoms with E-state index >= 15 is 0 Å². The topological polar surface area (TPSA) is 41.6 Å². The quantitative estimate of drug-likeness (QED) is 0.687. The van der Waals surface area contributed by atoms with Crippen molar-refractivity contribution in [2.75, 3.05) is 0 Å². The Labute approximate surface area is 89.0 Å². The lowest BCUT2D eigenvalue weighted by Crippen LogP contribution is -2.20. The lowest BCUT2D eigenvalue weighted by atomic mass is 9.86. The van der Waals surface area contributed by atoms with E-state index in [9.17, 15) is 0 Å². The minimum absolute atomic E-state index is 0.497. The molecule has 1 aromatic heterocycles. The molecule has 2 aliphatic carbocycles. The Bertz CT molecular complexity index is 438. The highest BCUT2D eigenvalue weighted by Gasteiger charge is 2.29. The van der Waals surface area contributed by atoms with E-state index in [4.69, 9.17) is 5.26 Å². The lowest BCUT2D eigenvalue weighted by Gasteiger charge is -2.28. The number of rotatable bonds is 2. The Kier molecular flexibility index (Phi) is 1.88. The Morgan fingerprint density at radius 2 is 2.27 bits per heavy atom. The van der Waals surface area contributed by atoms with E-state index in [1.165, 1.54) is 24.1 Å². The largest absolute Gasteiger partial charge is 0.269 e. The van der Waals surface area contributed by atoms with Gasteiger partial charge in [0.05, 0.1) is 17.8 Å². The molecule has 2 saturated carbocycles. The van der Waals surface area contributed by atoms with Crippen LogP contribution in [0.2, 0.25) is 0 Å². The van der Waals surface area contributed by atoms with Crippen LogP contribution >= 0.6 is 0 Å². The molecule has 1 heterocycles. The summed E-state index contributed by atoms with van der Waals surface area (Å²) in [6.45, 7) is 0. The Morgan fingerprint density at radius 1 is 1.47 bits per heavy atom. The fourth-order valence-corrected chi connectivity index (χ4v) is 2.09. The van der Waals surface area contributed by atoms with Crippen molar-refractivity contribution in [2.24, 2.45) is 0 Å². The standard InChI is InChI=1S/C12H13N3/c13-5-3-9-7-11(8-9)15-6-4-12(14-15)10-1-2-10/h3-4,6,10-11H,1-2,7-8H2. The van der Waals surface area contributed by atoms with E-state index < -0.39 is 0 Å². The smallest absolute Gasteiger partial charge is 0.0911 e. The molecule has 0 spiro atoms. The van der Waals surface area contributed by atoms with Crippen molar-refractivity contribution in [3.63, 3.8) is 0 Å². The molecule has 3 nitrogen and oxygen atoms in total. The number of hydrogen-bond donors (Lipinski definition) is 0. The van der Waals surface area contributed by atoms with Crippen molar-refractivity contribution in [3.05, 3.63) is 29.6 Å². The number of nitrogens with zero attached hydrogens (tertiary/aromatic N) is 3. The number of hydrogen-bond acceptors (Lipinski definition) is 2. The van der Waals surface area contributed by atoms with E-state index in [1.807, 2.05) is 0 Å². The third-order valence-corrected chi connectivity index (χ3v) is 3.26. The summed E-state index contributed by atoms with van der Waals surface area (Å²) in [5, 5.41) is 13.1. The molecule has 0 N–H and O–H groups in total. The Morgan fingerprint density at radius 3 is 2.93 bits per heavy atom. The first-order chi connectivity index (χ1) is 7.36. The monoisotopic (exact) mass is 199 g/mol. The van der Waals surface area contributed by atoms with Crippen LogP contribution in [0.4, 0.5) is 0 Å². The summed E-state index contributed by atoms with van der Waals surface area (Å²) in [6.07, 6.45) is 8.37. The molecule has 0 atom stereocenters. The van der Waals surface area contributed by atoms with Gasteiger partial charge in [-0.05, 0) is 31.7 Å². The molecule has 2 aliphatic rings. The minimum Gasteiger partial charge on any atom is -0.269 e. The van der Waals surface area contributed by atoms with Gasteiger partial charge in [0, 0.05) is 18.2 Å². The van der Waals surface area contributed by atoms with Crippen molar-refractivity contribution in [2.45, 2.75) is 37.6 Å². The van der Waals surface area contributed by atoms with E-state index in [2.05, 4.69) is 28.1 Å². The second kappa shape index (κ2) is 3.23. The highest BCUT2D eigenvalue weighted by molar-refractivity contribution is 5.22. The Hall–Kier alpha value is -1.56. The first-order valence-electron chi connectivity index (χ1n) is 5.49. The molecule has 0 unspecified atom stereocenters. The van der Waals surface area contributed by atoms with Gasteiger partial charge in [0.25, 0.3) is 0 Å². The van der Waals surface area contributed by atoms with Gasteiger partial charge in [-0.25, -0.2) is 0 Å². The first kappa shape index (κ1) is 8.72. The summed E-state index contributed by atoms with van der Waals surface area (Å²) in [4.78, 5) is 0. The van der Waals surface area contributed by atoms with Gasteiger partial charge >= 0.3 is 0 Å². The van der Waals surface area contributed by atoms with E-state index in [-0.39, 0.29) is 0 Å². The van der Waals surface area contributed by atoms with Crippen molar-refractivity contribution in [3.8, 4) is 6.07 Å². The molecule has 0 radical (unpaired) electrons. The summed E-state index contributed by atoms with van der Waals surface area (Å²) in [7, 11) is 0. The second-order valence-corrected chi connectivity index (χ2v) is 4.49. The molecule has 0 aliphatic heterocycles. The average molecular weight is 199 g/mol. The zero-order valence-electron chi connectivity index (χ0n) is 8.56. The Balaban J connectivity index is 1.68. The molecule has 15 heavy (non-hydrogen) atoms. The number of nitriles is 1. The van der Waals surface area contributed by atoms with Gasteiger partial charge < -0.3 is 0 Å². The van der Waals surface area contributed by atoms with Crippen LogP contribution in [0.25, 0.3) is 0 Å². The molecule has 0 aromatic carbocycles. The third kappa shape index (κ3) is 1.56. The van der Waals surface area contributed by atoms with Crippen molar-refractivity contribution >= 4 is 0 Å². The molecule has 1 aromatic rings. The molecule has 76 valence electrons. The van der Waals surface area contributed by atoms with Gasteiger partial charge in [0.2, 0.25) is 0 Å². The molecule has 0 saturated heterocycles. The molecule has 3 heteroatoms. The van der Waals surface area contributed by atoms with E-state index in [0.29, 0.717) is 6.04 Å². The molecule has 3 rings (SSSR count). The van der Waals surface area contributed by atoms with Crippen LogP contribution in [0.5, 0.6) is 0 Å². The zero-order chi connectivity index (χ0) is 10.3. The highest BCUT2D eigenvalue weighted by atomic mass is 15.3. The molecule has 2 fully saturated rings. The van der Waals surface area contributed by atoms with Gasteiger partial charge in [0.1, 0.15) is 0 Å². The van der Waals surface area contributed by atoms with Gasteiger partial charge in [0.15, 0.2) is 0 Å². The fraction of sp³-hybridized carbons (Fsp3) is 0.500. The van der Waals surface area contributed by atoms with Gasteiger partial charge in [-0.3, -0.25) is 4.68 Å². The van der Waals surface area contributed by atoms with Crippen LogP contribution in [0, 0.1) is 11.3 Å². The maximum Gasteiger partial charge on any atom is 0.0911 e. The molecular weight excluding hydrogens is 186 g/mol. The summed E-state index contributed by atoms with van der Waals surface area (Å²) in [5.74, 6) is 0.737. The average Bonchev–Trinajstić information content (AvgIpc) is 2.91. The fourth-order valence-electron chi connectivity index (χ4n) is 2.09. The van der Waals surface area contributed by atoms with Crippen LogP contribution < -0.4 is 0 Å². The van der Waals surface area contributed by atoms with Crippen LogP contribution in [-0.2, 0) is 0 Å². The summed E-state index contributed by atoms with van der Waals surface area (Å²) < 4.78 is 2.07.